The highest BCUT2D eigenvalue weighted by Crippen LogP contribution is 2.29. The van der Waals surface area contributed by atoms with Gasteiger partial charge >= 0.3 is 0 Å². The van der Waals surface area contributed by atoms with E-state index >= 15 is 0 Å². The first-order chi connectivity index (χ1) is 12.0. The van der Waals surface area contributed by atoms with Gasteiger partial charge in [0.05, 0.1) is 22.6 Å². The van der Waals surface area contributed by atoms with Gasteiger partial charge in [-0.2, -0.15) is 0 Å². The van der Waals surface area contributed by atoms with Gasteiger partial charge in [0, 0.05) is 6.07 Å². The van der Waals surface area contributed by atoms with E-state index in [2.05, 4.69) is 20.3 Å². The molecular weight excluding hydrogens is 362 g/mol. The second-order valence-corrected chi connectivity index (χ2v) is 6.89. The SMILES string of the molecule is CCOc1ccc2nc(NC(=O)CSc3nc(N)cc(=O)[nH]3)sc2c1. The van der Waals surface area contributed by atoms with Crippen LogP contribution in [0.1, 0.15) is 6.92 Å². The average Bonchev–Trinajstić information content (AvgIpc) is 2.94. The highest BCUT2D eigenvalue weighted by Gasteiger charge is 2.10. The number of aromatic amines is 1. The van der Waals surface area contributed by atoms with Gasteiger partial charge in [-0.15, -0.1) is 0 Å². The van der Waals surface area contributed by atoms with Gasteiger partial charge in [-0.25, -0.2) is 9.97 Å². The van der Waals surface area contributed by atoms with Crippen molar-refractivity contribution in [1.82, 2.24) is 15.0 Å². The molecule has 8 nitrogen and oxygen atoms in total. The number of rotatable bonds is 6. The predicted molar refractivity (Wildman–Crippen MR) is 99.4 cm³/mol. The minimum absolute atomic E-state index is 0.0759. The maximum atomic E-state index is 12.1. The molecule has 2 aromatic heterocycles. The number of nitrogens with zero attached hydrogens (tertiary/aromatic N) is 2. The molecule has 25 heavy (non-hydrogen) atoms. The first kappa shape index (κ1) is 17.2. The fourth-order valence-electron chi connectivity index (χ4n) is 2.03. The summed E-state index contributed by atoms with van der Waals surface area (Å²) in [5.74, 6) is 0.706. The minimum atomic E-state index is -0.355. The van der Waals surface area contributed by atoms with Gasteiger partial charge in [-0.1, -0.05) is 23.1 Å². The molecule has 0 saturated carbocycles. The van der Waals surface area contributed by atoms with Gasteiger partial charge < -0.3 is 20.8 Å². The second kappa shape index (κ2) is 7.53. The Balaban J connectivity index is 1.64. The number of carbonyl (C=O) groups excluding carboxylic acids is 1. The molecule has 0 atom stereocenters. The number of carbonyl (C=O) groups is 1. The van der Waals surface area contributed by atoms with Gasteiger partial charge in [-0.3, -0.25) is 9.59 Å². The van der Waals surface area contributed by atoms with Crippen LogP contribution in [-0.4, -0.2) is 33.2 Å². The summed E-state index contributed by atoms with van der Waals surface area (Å²) in [6.45, 7) is 2.51. The number of nitrogens with two attached hydrogens (primary N) is 1. The van der Waals surface area contributed by atoms with Crippen LogP contribution in [0.4, 0.5) is 10.9 Å². The summed E-state index contributed by atoms with van der Waals surface area (Å²) < 4.78 is 6.38. The summed E-state index contributed by atoms with van der Waals surface area (Å²) in [6.07, 6.45) is 0. The Bertz CT molecular complexity index is 969. The van der Waals surface area contributed by atoms with E-state index < -0.39 is 0 Å². The summed E-state index contributed by atoms with van der Waals surface area (Å²) in [6, 6.07) is 6.77. The highest BCUT2D eigenvalue weighted by molar-refractivity contribution is 7.99. The summed E-state index contributed by atoms with van der Waals surface area (Å²) >= 11 is 2.46. The quantitative estimate of drug-likeness (QED) is 0.444. The lowest BCUT2D eigenvalue weighted by Crippen LogP contribution is -2.15. The van der Waals surface area contributed by atoms with E-state index in [1.54, 1.807) is 0 Å². The molecule has 0 spiro atoms. The van der Waals surface area contributed by atoms with E-state index in [4.69, 9.17) is 10.5 Å². The van der Waals surface area contributed by atoms with Crippen LogP contribution < -0.4 is 21.3 Å². The number of thiazole rings is 1. The van der Waals surface area contributed by atoms with Crippen molar-refractivity contribution in [1.29, 1.82) is 0 Å². The fourth-order valence-corrected chi connectivity index (χ4v) is 3.62. The molecule has 4 N–H and O–H groups in total. The fraction of sp³-hybridized carbons (Fsp3) is 0.200. The predicted octanol–water partition coefficient (Wildman–Crippen LogP) is 2.09. The highest BCUT2D eigenvalue weighted by atomic mass is 32.2. The molecule has 1 aromatic carbocycles. The van der Waals surface area contributed by atoms with E-state index in [1.165, 1.54) is 17.4 Å². The van der Waals surface area contributed by atoms with Crippen molar-refractivity contribution in [2.24, 2.45) is 0 Å². The van der Waals surface area contributed by atoms with Crippen molar-refractivity contribution in [2.75, 3.05) is 23.4 Å². The number of ether oxygens (including phenoxy) is 1. The van der Waals surface area contributed by atoms with E-state index in [1.807, 2.05) is 25.1 Å². The van der Waals surface area contributed by atoms with Crippen molar-refractivity contribution >= 4 is 50.2 Å². The number of nitrogen functional groups attached to an aromatic ring is 1. The lowest BCUT2D eigenvalue weighted by molar-refractivity contribution is -0.113. The standard InChI is InChI=1S/C15H15N5O3S2/c1-2-23-8-3-4-9-10(5-8)25-15(17-9)20-13(22)7-24-14-18-11(16)6-12(21)19-14/h3-6H,2,7H2,1H3,(H,17,20,22)(H3,16,18,19,21). The maximum absolute atomic E-state index is 12.1. The first-order valence-corrected chi connectivity index (χ1v) is 9.16. The number of thioether (sulfide) groups is 1. The smallest absolute Gasteiger partial charge is 0.253 e. The van der Waals surface area contributed by atoms with E-state index in [9.17, 15) is 9.59 Å². The Labute approximate surface area is 150 Å². The van der Waals surface area contributed by atoms with Crippen molar-refractivity contribution in [3.63, 3.8) is 0 Å². The molecule has 3 aromatic rings. The van der Waals surface area contributed by atoms with E-state index in [0.717, 1.165) is 27.7 Å². The molecule has 0 aliphatic carbocycles. The molecule has 130 valence electrons. The number of amides is 1. The zero-order valence-corrected chi connectivity index (χ0v) is 14.9. The van der Waals surface area contributed by atoms with Crippen molar-refractivity contribution in [3.05, 3.63) is 34.6 Å². The number of nitrogens with one attached hydrogen (secondary N) is 2. The van der Waals surface area contributed by atoms with Crippen LogP contribution in [0.5, 0.6) is 5.75 Å². The van der Waals surface area contributed by atoms with Crippen LogP contribution in [-0.2, 0) is 4.79 Å². The number of fused-ring (bicyclic) bond motifs is 1. The van der Waals surface area contributed by atoms with Crippen LogP contribution in [0.15, 0.2) is 34.2 Å². The number of hydrogen-bond donors (Lipinski definition) is 3. The first-order valence-electron chi connectivity index (χ1n) is 7.36. The van der Waals surface area contributed by atoms with E-state index in [-0.39, 0.29) is 23.0 Å². The Morgan fingerprint density at radius 1 is 1.40 bits per heavy atom. The van der Waals surface area contributed by atoms with E-state index in [0.29, 0.717) is 16.9 Å². The Morgan fingerprint density at radius 3 is 3.00 bits per heavy atom. The number of aromatic nitrogens is 3. The number of anilines is 2. The third-order valence-corrected chi connectivity index (χ3v) is 4.80. The molecule has 0 bridgehead atoms. The van der Waals surface area contributed by atoms with Gasteiger partial charge in [0.25, 0.3) is 5.56 Å². The number of benzene rings is 1. The Morgan fingerprint density at radius 2 is 2.24 bits per heavy atom. The Hall–Kier alpha value is -2.59. The normalized spacial score (nSPS) is 10.8. The maximum Gasteiger partial charge on any atom is 0.253 e. The molecule has 0 saturated heterocycles. The topological polar surface area (TPSA) is 123 Å². The van der Waals surface area contributed by atoms with Gasteiger partial charge in [0.15, 0.2) is 10.3 Å². The molecule has 0 radical (unpaired) electrons. The van der Waals surface area contributed by atoms with Crippen molar-refractivity contribution in [2.45, 2.75) is 12.1 Å². The molecule has 0 fully saturated rings. The molecule has 10 heteroatoms. The third-order valence-electron chi connectivity index (χ3n) is 3.00. The molecule has 0 aliphatic heterocycles. The third kappa shape index (κ3) is 4.48. The van der Waals surface area contributed by atoms with Crippen LogP contribution in [0.25, 0.3) is 10.2 Å². The number of H-pyrrole nitrogens is 1. The lowest BCUT2D eigenvalue weighted by atomic mass is 10.3. The number of hydrogen-bond acceptors (Lipinski definition) is 8. The molecule has 3 rings (SSSR count). The van der Waals surface area contributed by atoms with Crippen LogP contribution in [0.2, 0.25) is 0 Å². The molecule has 1 amide bonds. The van der Waals surface area contributed by atoms with Crippen LogP contribution in [0.3, 0.4) is 0 Å². The molecule has 2 heterocycles. The van der Waals surface area contributed by atoms with Gasteiger partial charge in [-0.05, 0) is 25.1 Å². The zero-order chi connectivity index (χ0) is 17.8. The monoisotopic (exact) mass is 377 g/mol. The van der Waals surface area contributed by atoms with Crippen LogP contribution in [0, 0.1) is 0 Å². The lowest BCUT2D eigenvalue weighted by Gasteiger charge is -2.01. The summed E-state index contributed by atoms with van der Waals surface area (Å²) in [5, 5.41) is 3.54. The van der Waals surface area contributed by atoms with Gasteiger partial charge in [0.2, 0.25) is 5.91 Å². The summed E-state index contributed by atoms with van der Waals surface area (Å²) in [5.41, 5.74) is 5.94. The Kier molecular flexibility index (Phi) is 5.19. The minimum Gasteiger partial charge on any atom is -0.494 e. The molecule has 0 aliphatic rings. The van der Waals surface area contributed by atoms with Crippen LogP contribution >= 0.6 is 23.1 Å². The zero-order valence-electron chi connectivity index (χ0n) is 13.2. The summed E-state index contributed by atoms with van der Waals surface area (Å²) in [7, 11) is 0. The largest absolute Gasteiger partial charge is 0.494 e. The summed E-state index contributed by atoms with van der Waals surface area (Å²) in [4.78, 5) is 34.2. The average molecular weight is 377 g/mol. The molecular formula is C15H15N5O3S2. The molecule has 0 unspecified atom stereocenters. The second-order valence-electron chi connectivity index (χ2n) is 4.89. The van der Waals surface area contributed by atoms with Crippen molar-refractivity contribution < 1.29 is 9.53 Å². The van der Waals surface area contributed by atoms with Gasteiger partial charge in [0.1, 0.15) is 11.6 Å². The van der Waals surface area contributed by atoms with Crippen molar-refractivity contribution in [3.8, 4) is 5.75 Å².